The van der Waals surface area contributed by atoms with Crippen molar-refractivity contribution in [2.45, 2.75) is 5.92 Å². The fourth-order valence-electron chi connectivity index (χ4n) is 2.91. The standard InChI is InChI=1S/C15H12N2O4/c1-20-12(18)15(13(19)21-2)11(14(15,8-16)9-17)10-6-4-3-5-7-10/h3-7,11H,1-2H3. The number of hydrogen-bond acceptors (Lipinski definition) is 6. The monoisotopic (exact) mass is 284 g/mol. The second-order valence-electron chi connectivity index (χ2n) is 4.67. The number of nitrogens with zero attached hydrogens (tertiary/aromatic N) is 2. The van der Waals surface area contributed by atoms with Crippen molar-refractivity contribution in [3.8, 4) is 12.1 Å². The normalized spacial score (nSPS) is 20.5. The van der Waals surface area contributed by atoms with Gasteiger partial charge in [0.1, 0.15) is 0 Å². The molecule has 0 radical (unpaired) electrons. The molecule has 2 rings (SSSR count). The third-order valence-electron chi connectivity index (χ3n) is 3.91. The lowest BCUT2D eigenvalue weighted by Gasteiger charge is -2.12. The van der Waals surface area contributed by atoms with Crippen molar-refractivity contribution in [1.29, 1.82) is 10.5 Å². The molecule has 1 aromatic carbocycles. The Labute approximate surface area is 121 Å². The minimum absolute atomic E-state index is 0.538. The van der Waals surface area contributed by atoms with E-state index in [1.165, 1.54) is 0 Å². The van der Waals surface area contributed by atoms with E-state index in [1.54, 1.807) is 30.3 Å². The molecule has 0 N–H and O–H groups in total. The Morgan fingerprint density at radius 2 is 1.52 bits per heavy atom. The molecule has 1 aliphatic carbocycles. The molecule has 0 heterocycles. The summed E-state index contributed by atoms with van der Waals surface area (Å²) in [6.07, 6.45) is 0. The van der Waals surface area contributed by atoms with Crippen molar-refractivity contribution in [3.05, 3.63) is 35.9 Å². The molecule has 6 nitrogen and oxygen atoms in total. The highest BCUT2D eigenvalue weighted by Crippen LogP contribution is 2.74. The molecule has 1 unspecified atom stereocenters. The number of ether oxygens (including phenoxy) is 2. The highest BCUT2D eigenvalue weighted by Gasteiger charge is 2.89. The summed E-state index contributed by atoms with van der Waals surface area (Å²) in [4.78, 5) is 24.4. The zero-order chi connectivity index (χ0) is 15.7. The molecular weight excluding hydrogens is 272 g/mol. The maximum Gasteiger partial charge on any atom is 0.326 e. The average Bonchev–Trinajstić information content (AvgIpc) is 3.18. The molecule has 1 aliphatic rings. The van der Waals surface area contributed by atoms with Gasteiger partial charge in [-0.25, -0.2) is 0 Å². The summed E-state index contributed by atoms with van der Waals surface area (Å²) >= 11 is 0. The maximum absolute atomic E-state index is 12.2. The van der Waals surface area contributed by atoms with Gasteiger partial charge in [-0.15, -0.1) is 0 Å². The SMILES string of the molecule is COC(=O)C1(C(=O)OC)C(c2ccccc2)C1(C#N)C#N. The van der Waals surface area contributed by atoms with Gasteiger partial charge in [-0.2, -0.15) is 10.5 Å². The van der Waals surface area contributed by atoms with Gasteiger partial charge < -0.3 is 9.47 Å². The fraction of sp³-hybridized carbons (Fsp3) is 0.333. The molecule has 0 saturated heterocycles. The number of nitriles is 2. The zero-order valence-corrected chi connectivity index (χ0v) is 11.5. The molecule has 1 aromatic rings. The Kier molecular flexibility index (Phi) is 3.40. The predicted molar refractivity (Wildman–Crippen MR) is 69.3 cm³/mol. The van der Waals surface area contributed by atoms with Crippen LogP contribution in [0.15, 0.2) is 30.3 Å². The van der Waals surface area contributed by atoms with Crippen LogP contribution in [0.2, 0.25) is 0 Å². The number of carbonyl (C=O) groups excluding carboxylic acids is 2. The van der Waals surface area contributed by atoms with Crippen LogP contribution in [0.25, 0.3) is 0 Å². The smallest absolute Gasteiger partial charge is 0.326 e. The van der Waals surface area contributed by atoms with E-state index in [9.17, 15) is 20.1 Å². The fourth-order valence-corrected chi connectivity index (χ4v) is 2.91. The van der Waals surface area contributed by atoms with E-state index in [4.69, 9.17) is 0 Å². The van der Waals surface area contributed by atoms with Crippen molar-refractivity contribution in [2.24, 2.45) is 10.8 Å². The van der Waals surface area contributed by atoms with Gasteiger partial charge in [0.2, 0.25) is 5.41 Å². The second kappa shape index (κ2) is 4.92. The van der Waals surface area contributed by atoms with Gasteiger partial charge in [0.05, 0.1) is 26.4 Å². The zero-order valence-electron chi connectivity index (χ0n) is 11.5. The molecule has 0 bridgehead atoms. The number of esters is 2. The van der Waals surface area contributed by atoms with Crippen molar-refractivity contribution >= 4 is 11.9 Å². The van der Waals surface area contributed by atoms with E-state index in [0.29, 0.717) is 5.56 Å². The van der Waals surface area contributed by atoms with Gasteiger partial charge in [0.15, 0.2) is 5.41 Å². The van der Waals surface area contributed by atoms with Crippen LogP contribution in [0.1, 0.15) is 11.5 Å². The third kappa shape index (κ3) is 1.56. The minimum atomic E-state index is -1.94. The van der Waals surface area contributed by atoms with Crippen LogP contribution in [0.5, 0.6) is 0 Å². The van der Waals surface area contributed by atoms with Crippen LogP contribution in [0, 0.1) is 33.5 Å². The lowest BCUT2D eigenvalue weighted by Crippen LogP contribution is -2.34. The first-order valence-electron chi connectivity index (χ1n) is 6.11. The quantitative estimate of drug-likeness (QED) is 0.609. The van der Waals surface area contributed by atoms with Crippen LogP contribution in [0.4, 0.5) is 0 Å². The van der Waals surface area contributed by atoms with Gasteiger partial charge in [-0.1, -0.05) is 30.3 Å². The van der Waals surface area contributed by atoms with E-state index in [2.05, 4.69) is 9.47 Å². The summed E-state index contributed by atoms with van der Waals surface area (Å²) in [7, 11) is 2.21. The van der Waals surface area contributed by atoms with Crippen molar-refractivity contribution in [1.82, 2.24) is 0 Å². The van der Waals surface area contributed by atoms with E-state index < -0.39 is 28.7 Å². The summed E-state index contributed by atoms with van der Waals surface area (Å²) in [5, 5.41) is 18.8. The van der Waals surface area contributed by atoms with Crippen LogP contribution in [0.3, 0.4) is 0 Å². The number of carbonyl (C=O) groups is 2. The number of methoxy groups -OCH3 is 2. The Bertz CT molecular complexity index is 639. The Morgan fingerprint density at radius 3 is 1.90 bits per heavy atom. The number of hydrogen-bond donors (Lipinski definition) is 0. The van der Waals surface area contributed by atoms with E-state index in [0.717, 1.165) is 14.2 Å². The first kappa shape index (κ1) is 14.5. The summed E-state index contributed by atoms with van der Waals surface area (Å²) in [6, 6.07) is 12.1. The van der Waals surface area contributed by atoms with Gasteiger partial charge in [0.25, 0.3) is 0 Å². The molecular formula is C15H12N2O4. The lowest BCUT2D eigenvalue weighted by atomic mass is 9.95. The first-order chi connectivity index (χ1) is 10.1. The second-order valence-corrected chi connectivity index (χ2v) is 4.67. The first-order valence-corrected chi connectivity index (χ1v) is 6.11. The summed E-state index contributed by atoms with van der Waals surface area (Å²) < 4.78 is 9.34. The molecule has 6 heteroatoms. The van der Waals surface area contributed by atoms with Gasteiger partial charge in [0, 0.05) is 5.92 Å². The highest BCUT2D eigenvalue weighted by molar-refractivity contribution is 6.09. The maximum atomic E-state index is 12.2. The summed E-state index contributed by atoms with van der Waals surface area (Å²) in [5.41, 5.74) is -3.23. The predicted octanol–water partition coefficient (Wildman–Crippen LogP) is 1.15. The minimum Gasteiger partial charge on any atom is -0.468 e. The Morgan fingerprint density at radius 1 is 1.05 bits per heavy atom. The number of benzene rings is 1. The molecule has 1 saturated carbocycles. The molecule has 0 aromatic heterocycles. The topological polar surface area (TPSA) is 100 Å². The van der Waals surface area contributed by atoms with E-state index >= 15 is 0 Å². The largest absolute Gasteiger partial charge is 0.468 e. The van der Waals surface area contributed by atoms with E-state index in [-0.39, 0.29) is 0 Å². The molecule has 1 fully saturated rings. The van der Waals surface area contributed by atoms with Crippen LogP contribution >= 0.6 is 0 Å². The molecule has 21 heavy (non-hydrogen) atoms. The Balaban J connectivity index is 2.69. The molecule has 106 valence electrons. The summed E-state index contributed by atoms with van der Waals surface area (Å²) in [6.45, 7) is 0. The van der Waals surface area contributed by atoms with Crippen molar-refractivity contribution < 1.29 is 19.1 Å². The van der Waals surface area contributed by atoms with E-state index in [1.807, 2.05) is 12.1 Å². The molecule has 0 amide bonds. The highest BCUT2D eigenvalue weighted by atomic mass is 16.5. The number of rotatable bonds is 3. The van der Waals surface area contributed by atoms with Crippen LogP contribution in [-0.4, -0.2) is 26.2 Å². The van der Waals surface area contributed by atoms with Crippen LogP contribution < -0.4 is 0 Å². The van der Waals surface area contributed by atoms with Gasteiger partial charge in [-0.3, -0.25) is 9.59 Å². The third-order valence-corrected chi connectivity index (χ3v) is 3.91. The Hall–Kier alpha value is -2.86. The molecule has 0 spiro atoms. The molecule has 0 aliphatic heterocycles. The molecule has 1 atom stereocenters. The van der Waals surface area contributed by atoms with Crippen LogP contribution in [-0.2, 0) is 19.1 Å². The van der Waals surface area contributed by atoms with Gasteiger partial charge >= 0.3 is 11.9 Å². The van der Waals surface area contributed by atoms with Gasteiger partial charge in [-0.05, 0) is 5.56 Å². The van der Waals surface area contributed by atoms with Crippen molar-refractivity contribution in [3.63, 3.8) is 0 Å². The lowest BCUT2D eigenvalue weighted by molar-refractivity contribution is -0.162. The average molecular weight is 284 g/mol. The summed E-state index contributed by atoms with van der Waals surface area (Å²) in [5.74, 6) is -2.79. The van der Waals surface area contributed by atoms with Crippen molar-refractivity contribution in [2.75, 3.05) is 14.2 Å².